The summed E-state index contributed by atoms with van der Waals surface area (Å²) in [6, 6.07) is 21.6. The molecular weight excluding hydrogens is 464 g/mol. The summed E-state index contributed by atoms with van der Waals surface area (Å²) in [6.07, 6.45) is 6.90. The lowest BCUT2D eigenvalue weighted by Gasteiger charge is -2.11. The van der Waals surface area contributed by atoms with Gasteiger partial charge in [0.25, 0.3) is 0 Å². The fourth-order valence-corrected chi connectivity index (χ4v) is 4.14. The summed E-state index contributed by atoms with van der Waals surface area (Å²) >= 11 is 0. The number of fused-ring (bicyclic) bond motifs is 1. The first-order chi connectivity index (χ1) is 18.2. The third-order valence-corrected chi connectivity index (χ3v) is 5.90. The summed E-state index contributed by atoms with van der Waals surface area (Å²) in [5, 5.41) is 7.76. The Bertz CT molecular complexity index is 1660. The van der Waals surface area contributed by atoms with Gasteiger partial charge in [-0.2, -0.15) is 5.10 Å². The van der Waals surface area contributed by atoms with Crippen LogP contribution in [0.3, 0.4) is 0 Å². The van der Waals surface area contributed by atoms with Crippen molar-refractivity contribution in [3.8, 4) is 34.1 Å². The van der Waals surface area contributed by atoms with Crippen LogP contribution in [-0.2, 0) is 13.1 Å². The number of H-pyrrole nitrogens is 1. The van der Waals surface area contributed by atoms with Gasteiger partial charge in [-0.3, -0.25) is 9.97 Å². The van der Waals surface area contributed by atoms with Gasteiger partial charge in [-0.1, -0.05) is 24.3 Å². The summed E-state index contributed by atoms with van der Waals surface area (Å²) in [5.74, 6) is 2.35. The van der Waals surface area contributed by atoms with Crippen molar-refractivity contribution in [2.45, 2.75) is 20.0 Å². The van der Waals surface area contributed by atoms with Crippen LogP contribution in [0.15, 0.2) is 91.6 Å². The number of ether oxygens (including phenoxy) is 1. The zero-order chi connectivity index (χ0) is 25.0. The van der Waals surface area contributed by atoms with Crippen LogP contribution in [0.1, 0.15) is 17.1 Å². The highest BCUT2D eigenvalue weighted by molar-refractivity contribution is 5.77. The lowest BCUT2D eigenvalue weighted by atomic mass is 10.1. The quantitative estimate of drug-likeness (QED) is 0.312. The van der Waals surface area contributed by atoms with Gasteiger partial charge >= 0.3 is 0 Å². The van der Waals surface area contributed by atoms with Crippen LogP contribution in [0.2, 0.25) is 0 Å². The Morgan fingerprint density at radius 3 is 2.70 bits per heavy atom. The van der Waals surface area contributed by atoms with Gasteiger partial charge in [0.05, 0.1) is 23.6 Å². The van der Waals surface area contributed by atoms with Crippen LogP contribution in [0.5, 0.6) is 11.5 Å². The van der Waals surface area contributed by atoms with E-state index in [1.807, 2.05) is 79.9 Å². The van der Waals surface area contributed by atoms with E-state index in [2.05, 4.69) is 25.4 Å². The monoisotopic (exact) mass is 488 g/mol. The van der Waals surface area contributed by atoms with Crippen LogP contribution in [0.4, 0.5) is 0 Å². The van der Waals surface area contributed by atoms with E-state index in [9.17, 15) is 0 Å². The van der Waals surface area contributed by atoms with Crippen molar-refractivity contribution in [3.05, 3.63) is 109 Å². The smallest absolute Gasteiger partial charge is 0.155 e. The third-order valence-electron chi connectivity index (χ3n) is 5.90. The molecule has 1 aromatic carbocycles. The van der Waals surface area contributed by atoms with Crippen molar-refractivity contribution < 1.29 is 4.74 Å². The van der Waals surface area contributed by atoms with Crippen molar-refractivity contribution in [1.82, 2.24) is 39.9 Å². The molecule has 0 saturated carbocycles. The standard InChI is InChI=1S/C28H24N8O/c1-19-5-4-7-23(33-19)28-27(21-9-10-26-31-18-32-36(26)17-21)34-25(35-28)16-30-15-20-6-2-3-8-24(20)37-22-11-13-29-14-12-22/h2-14,17-18,30H,15-16H2,1H3,(H,34,35). The van der Waals surface area contributed by atoms with Crippen molar-refractivity contribution in [1.29, 1.82) is 0 Å². The Kier molecular flexibility index (Phi) is 6.10. The fraction of sp³-hybridized carbons (Fsp3) is 0.107. The molecule has 0 aliphatic rings. The molecule has 2 N–H and O–H groups in total. The molecule has 5 heterocycles. The van der Waals surface area contributed by atoms with Crippen molar-refractivity contribution in [3.63, 3.8) is 0 Å². The molecule has 0 amide bonds. The zero-order valence-corrected chi connectivity index (χ0v) is 20.2. The van der Waals surface area contributed by atoms with Crippen LogP contribution in [-0.4, -0.2) is 34.5 Å². The number of aryl methyl sites for hydroxylation is 1. The van der Waals surface area contributed by atoms with Crippen molar-refractivity contribution in [2.24, 2.45) is 0 Å². The SMILES string of the molecule is Cc1cccc(-c2[nH]c(CNCc3ccccc3Oc3ccncc3)nc2-c2ccc3ncnn3c2)n1. The molecule has 0 spiro atoms. The molecule has 0 radical (unpaired) electrons. The van der Waals surface area contributed by atoms with Crippen LogP contribution in [0, 0.1) is 6.92 Å². The number of benzene rings is 1. The van der Waals surface area contributed by atoms with Crippen LogP contribution in [0.25, 0.3) is 28.3 Å². The topological polar surface area (TPSA) is 106 Å². The zero-order valence-electron chi connectivity index (χ0n) is 20.2. The summed E-state index contributed by atoms with van der Waals surface area (Å²) in [4.78, 5) is 21.4. The molecule has 9 nitrogen and oxygen atoms in total. The van der Waals surface area contributed by atoms with Gasteiger partial charge in [-0.25, -0.2) is 14.5 Å². The lowest BCUT2D eigenvalue weighted by Crippen LogP contribution is -2.14. The molecule has 9 heteroatoms. The Morgan fingerprint density at radius 1 is 0.919 bits per heavy atom. The lowest BCUT2D eigenvalue weighted by molar-refractivity contribution is 0.471. The molecule has 182 valence electrons. The molecule has 6 rings (SSSR count). The van der Waals surface area contributed by atoms with E-state index in [1.165, 1.54) is 6.33 Å². The number of aromatic amines is 1. The minimum atomic E-state index is 0.536. The maximum atomic E-state index is 6.07. The number of hydrogen-bond donors (Lipinski definition) is 2. The number of hydrogen-bond acceptors (Lipinski definition) is 7. The van der Waals surface area contributed by atoms with Gasteiger partial charge in [0.1, 0.15) is 23.7 Å². The first-order valence-electron chi connectivity index (χ1n) is 11.9. The highest BCUT2D eigenvalue weighted by atomic mass is 16.5. The van der Waals surface area contributed by atoms with Gasteiger partial charge in [0, 0.05) is 42.0 Å². The molecule has 5 aromatic heterocycles. The summed E-state index contributed by atoms with van der Waals surface area (Å²) < 4.78 is 7.81. The average molecular weight is 489 g/mol. The molecule has 0 aliphatic heterocycles. The molecule has 0 saturated heterocycles. The van der Waals surface area contributed by atoms with Crippen LogP contribution >= 0.6 is 0 Å². The molecule has 0 atom stereocenters. The normalized spacial score (nSPS) is 11.2. The summed E-state index contributed by atoms with van der Waals surface area (Å²) in [5.41, 5.74) is 6.20. The van der Waals surface area contributed by atoms with E-state index in [0.717, 1.165) is 56.9 Å². The average Bonchev–Trinajstić information content (AvgIpc) is 3.57. The van der Waals surface area contributed by atoms with Gasteiger partial charge in [0.2, 0.25) is 0 Å². The van der Waals surface area contributed by atoms with E-state index in [-0.39, 0.29) is 0 Å². The minimum absolute atomic E-state index is 0.536. The Hall–Kier alpha value is -4.89. The number of para-hydroxylation sites is 1. The van der Waals surface area contributed by atoms with E-state index in [4.69, 9.17) is 14.7 Å². The number of aromatic nitrogens is 7. The predicted octanol–water partition coefficient (Wildman–Crippen LogP) is 4.97. The Labute approximate surface area is 213 Å². The van der Waals surface area contributed by atoms with Crippen molar-refractivity contribution in [2.75, 3.05) is 0 Å². The second kappa shape index (κ2) is 10.00. The third kappa shape index (κ3) is 4.93. The number of imidazole rings is 1. The number of pyridine rings is 3. The van der Waals surface area contributed by atoms with Gasteiger partial charge < -0.3 is 15.0 Å². The predicted molar refractivity (Wildman–Crippen MR) is 140 cm³/mol. The maximum Gasteiger partial charge on any atom is 0.155 e. The summed E-state index contributed by atoms with van der Waals surface area (Å²) in [6.45, 7) is 3.13. The van der Waals surface area contributed by atoms with E-state index in [0.29, 0.717) is 13.1 Å². The number of rotatable bonds is 8. The van der Waals surface area contributed by atoms with Gasteiger partial charge in [-0.05, 0) is 49.4 Å². The molecule has 0 unspecified atom stereocenters. The first kappa shape index (κ1) is 22.6. The number of nitrogens with zero attached hydrogens (tertiary/aromatic N) is 6. The van der Waals surface area contributed by atoms with Gasteiger partial charge in [-0.15, -0.1) is 0 Å². The second-order valence-corrected chi connectivity index (χ2v) is 8.55. The fourth-order valence-electron chi connectivity index (χ4n) is 4.14. The van der Waals surface area contributed by atoms with Crippen molar-refractivity contribution >= 4 is 5.65 Å². The largest absolute Gasteiger partial charge is 0.457 e. The van der Waals surface area contributed by atoms with E-state index >= 15 is 0 Å². The Morgan fingerprint density at radius 2 is 1.81 bits per heavy atom. The van der Waals surface area contributed by atoms with Crippen LogP contribution < -0.4 is 10.1 Å². The first-order valence-corrected chi connectivity index (χ1v) is 11.9. The molecular formula is C28H24N8O. The number of nitrogens with one attached hydrogen (secondary N) is 2. The molecule has 0 aliphatic carbocycles. The highest BCUT2D eigenvalue weighted by Gasteiger charge is 2.16. The minimum Gasteiger partial charge on any atom is -0.457 e. The molecule has 0 bridgehead atoms. The molecule has 0 fully saturated rings. The maximum absolute atomic E-state index is 6.07. The van der Waals surface area contributed by atoms with E-state index < -0.39 is 0 Å². The molecule has 37 heavy (non-hydrogen) atoms. The molecule has 6 aromatic rings. The summed E-state index contributed by atoms with van der Waals surface area (Å²) in [7, 11) is 0. The highest BCUT2D eigenvalue weighted by Crippen LogP contribution is 2.30. The Balaban J connectivity index is 1.26. The second-order valence-electron chi connectivity index (χ2n) is 8.55. The van der Waals surface area contributed by atoms with E-state index in [1.54, 1.807) is 16.9 Å². The van der Waals surface area contributed by atoms with Gasteiger partial charge in [0.15, 0.2) is 5.65 Å².